The number of nitrogens with two attached hydrogens (primary N) is 1. The van der Waals surface area contributed by atoms with Gasteiger partial charge in [0, 0.05) is 17.3 Å². The fourth-order valence-electron chi connectivity index (χ4n) is 3.47. The summed E-state index contributed by atoms with van der Waals surface area (Å²) in [4.78, 5) is 12.9. The summed E-state index contributed by atoms with van der Waals surface area (Å²) in [5.74, 6) is 0. The minimum Gasteiger partial charge on any atom is -0.320 e. The van der Waals surface area contributed by atoms with E-state index < -0.39 is 0 Å². The van der Waals surface area contributed by atoms with Gasteiger partial charge in [-0.05, 0) is 44.4 Å². The second-order valence-electron chi connectivity index (χ2n) is 6.43. The van der Waals surface area contributed by atoms with Crippen molar-refractivity contribution in [2.45, 2.75) is 51.6 Å². The van der Waals surface area contributed by atoms with Crippen LogP contribution in [-0.4, -0.2) is 4.57 Å². The molecular weight excluding hydrogens is 272 g/mol. The number of benzene rings is 1. The molecule has 1 aromatic carbocycles. The predicted molar refractivity (Wildman–Crippen MR) is 90.2 cm³/mol. The lowest BCUT2D eigenvalue weighted by Crippen LogP contribution is -2.31. The molecule has 2 aromatic rings. The van der Waals surface area contributed by atoms with Gasteiger partial charge in [0.1, 0.15) is 0 Å². The molecule has 116 valence electrons. The van der Waals surface area contributed by atoms with E-state index in [1.165, 1.54) is 18.4 Å². The maximum absolute atomic E-state index is 12.9. The molecule has 0 aliphatic heterocycles. The molecule has 3 heteroatoms. The van der Waals surface area contributed by atoms with E-state index in [4.69, 9.17) is 5.73 Å². The van der Waals surface area contributed by atoms with Gasteiger partial charge >= 0.3 is 0 Å². The predicted octanol–water partition coefficient (Wildman–Crippen LogP) is 3.63. The Balaban J connectivity index is 2.02. The van der Waals surface area contributed by atoms with Gasteiger partial charge in [0.05, 0.1) is 6.04 Å². The molecule has 3 rings (SSSR count). The van der Waals surface area contributed by atoms with E-state index in [1.807, 2.05) is 54.8 Å². The van der Waals surface area contributed by atoms with Crippen molar-refractivity contribution < 1.29 is 0 Å². The van der Waals surface area contributed by atoms with Gasteiger partial charge in [-0.2, -0.15) is 0 Å². The lowest BCUT2D eigenvalue weighted by molar-refractivity contribution is 0.486. The Morgan fingerprint density at radius 3 is 2.32 bits per heavy atom. The molecular formula is C19H24N2O. The summed E-state index contributed by atoms with van der Waals surface area (Å²) >= 11 is 0. The lowest BCUT2D eigenvalue weighted by Gasteiger charge is -2.20. The molecule has 1 unspecified atom stereocenters. The average molecular weight is 296 g/mol. The maximum atomic E-state index is 12.9. The summed E-state index contributed by atoms with van der Waals surface area (Å²) in [6.07, 6.45) is 4.63. The number of nitrogens with zero attached hydrogens (tertiary/aromatic N) is 1. The Kier molecular flexibility index (Phi) is 4.16. The average Bonchev–Trinajstić information content (AvgIpc) is 3.01. The monoisotopic (exact) mass is 296 g/mol. The van der Waals surface area contributed by atoms with Crippen LogP contribution in [0.1, 0.15) is 60.2 Å². The van der Waals surface area contributed by atoms with Crippen LogP contribution < -0.4 is 11.3 Å². The fourth-order valence-corrected chi connectivity index (χ4v) is 3.47. The summed E-state index contributed by atoms with van der Waals surface area (Å²) in [6, 6.07) is 12.0. The molecule has 2 N–H and O–H groups in total. The highest BCUT2D eigenvalue weighted by Gasteiger charge is 2.22. The first-order chi connectivity index (χ1) is 10.6. The zero-order chi connectivity index (χ0) is 15.7. The standard InChI is InChI=1S/C19H24N2O/c1-13-7-10-15(11-8-13)18(20)17-12-9-14(2)21(19(17)22)16-5-3-4-6-16/h7-12,16,18H,3-6,20H2,1-2H3. The van der Waals surface area contributed by atoms with Crippen LogP contribution in [0, 0.1) is 13.8 Å². The van der Waals surface area contributed by atoms with Crippen molar-refractivity contribution >= 4 is 0 Å². The van der Waals surface area contributed by atoms with E-state index >= 15 is 0 Å². The topological polar surface area (TPSA) is 48.0 Å². The van der Waals surface area contributed by atoms with Crippen LogP contribution in [0.4, 0.5) is 0 Å². The Labute approximate surface area is 131 Å². The van der Waals surface area contributed by atoms with E-state index in [0.29, 0.717) is 11.6 Å². The summed E-state index contributed by atoms with van der Waals surface area (Å²) in [5.41, 5.74) is 10.4. The largest absolute Gasteiger partial charge is 0.320 e. The molecule has 1 aliphatic carbocycles. The summed E-state index contributed by atoms with van der Waals surface area (Å²) in [7, 11) is 0. The van der Waals surface area contributed by atoms with Crippen molar-refractivity contribution in [1.29, 1.82) is 0 Å². The maximum Gasteiger partial charge on any atom is 0.256 e. The summed E-state index contributed by atoms with van der Waals surface area (Å²) in [6.45, 7) is 4.06. The molecule has 0 amide bonds. The van der Waals surface area contributed by atoms with Crippen molar-refractivity contribution in [2.75, 3.05) is 0 Å². The van der Waals surface area contributed by atoms with Crippen molar-refractivity contribution in [3.8, 4) is 0 Å². The molecule has 0 spiro atoms. The SMILES string of the molecule is Cc1ccc(C(N)c2ccc(C)n(C3CCCC3)c2=O)cc1. The minimum absolute atomic E-state index is 0.0833. The third-order valence-electron chi connectivity index (χ3n) is 4.81. The Morgan fingerprint density at radius 2 is 1.68 bits per heavy atom. The number of aromatic nitrogens is 1. The van der Waals surface area contributed by atoms with E-state index in [1.54, 1.807) is 0 Å². The number of aryl methyl sites for hydroxylation is 2. The zero-order valence-electron chi connectivity index (χ0n) is 13.4. The van der Waals surface area contributed by atoms with Gasteiger partial charge in [0.2, 0.25) is 0 Å². The van der Waals surface area contributed by atoms with Gasteiger partial charge in [-0.25, -0.2) is 0 Å². The van der Waals surface area contributed by atoms with Crippen molar-refractivity contribution in [2.24, 2.45) is 5.73 Å². The Bertz CT molecular complexity index is 709. The number of pyridine rings is 1. The quantitative estimate of drug-likeness (QED) is 0.940. The molecule has 1 aliphatic rings. The van der Waals surface area contributed by atoms with Gasteiger partial charge in [-0.1, -0.05) is 42.7 Å². The van der Waals surface area contributed by atoms with E-state index in [2.05, 4.69) is 0 Å². The second kappa shape index (κ2) is 6.09. The van der Waals surface area contributed by atoms with Gasteiger partial charge in [-0.15, -0.1) is 0 Å². The molecule has 22 heavy (non-hydrogen) atoms. The highest BCUT2D eigenvalue weighted by atomic mass is 16.1. The number of hydrogen-bond acceptors (Lipinski definition) is 2. The zero-order valence-corrected chi connectivity index (χ0v) is 13.4. The first-order valence-corrected chi connectivity index (χ1v) is 8.12. The van der Waals surface area contributed by atoms with E-state index in [0.717, 1.165) is 24.1 Å². The smallest absolute Gasteiger partial charge is 0.256 e. The highest BCUT2D eigenvalue weighted by molar-refractivity contribution is 5.32. The third-order valence-corrected chi connectivity index (χ3v) is 4.81. The van der Waals surface area contributed by atoms with Crippen LogP contribution in [0.25, 0.3) is 0 Å². The molecule has 1 fully saturated rings. The van der Waals surface area contributed by atoms with Crippen molar-refractivity contribution in [1.82, 2.24) is 4.57 Å². The normalized spacial score (nSPS) is 16.9. The molecule has 1 atom stereocenters. The Morgan fingerprint density at radius 1 is 1.05 bits per heavy atom. The second-order valence-corrected chi connectivity index (χ2v) is 6.43. The molecule has 1 aromatic heterocycles. The molecule has 1 saturated carbocycles. The van der Waals surface area contributed by atoms with Crippen LogP contribution in [0.2, 0.25) is 0 Å². The van der Waals surface area contributed by atoms with Crippen molar-refractivity contribution in [3.63, 3.8) is 0 Å². The molecule has 0 radical (unpaired) electrons. The van der Waals surface area contributed by atoms with Crippen LogP contribution in [0.15, 0.2) is 41.2 Å². The van der Waals surface area contributed by atoms with Crippen LogP contribution >= 0.6 is 0 Å². The number of hydrogen-bond donors (Lipinski definition) is 1. The molecule has 0 bridgehead atoms. The lowest BCUT2D eigenvalue weighted by atomic mass is 9.99. The highest BCUT2D eigenvalue weighted by Crippen LogP contribution is 2.29. The first kappa shape index (κ1) is 15.0. The van der Waals surface area contributed by atoms with Crippen LogP contribution in [0.3, 0.4) is 0 Å². The first-order valence-electron chi connectivity index (χ1n) is 8.12. The van der Waals surface area contributed by atoms with Crippen LogP contribution in [0.5, 0.6) is 0 Å². The summed E-state index contributed by atoms with van der Waals surface area (Å²) < 4.78 is 1.97. The molecule has 1 heterocycles. The van der Waals surface area contributed by atoms with Gasteiger partial charge in [-0.3, -0.25) is 4.79 Å². The number of rotatable bonds is 3. The summed E-state index contributed by atoms with van der Waals surface area (Å²) in [5, 5.41) is 0. The Hall–Kier alpha value is -1.87. The van der Waals surface area contributed by atoms with Crippen molar-refractivity contribution in [3.05, 3.63) is 69.1 Å². The van der Waals surface area contributed by atoms with Gasteiger partial charge < -0.3 is 10.3 Å². The fraction of sp³-hybridized carbons (Fsp3) is 0.421. The molecule has 0 saturated heterocycles. The van der Waals surface area contributed by atoms with Gasteiger partial charge in [0.25, 0.3) is 5.56 Å². The van der Waals surface area contributed by atoms with Crippen LogP contribution in [-0.2, 0) is 0 Å². The van der Waals surface area contributed by atoms with E-state index in [-0.39, 0.29) is 11.6 Å². The third kappa shape index (κ3) is 2.73. The van der Waals surface area contributed by atoms with Gasteiger partial charge in [0.15, 0.2) is 0 Å². The molecule has 3 nitrogen and oxygen atoms in total. The minimum atomic E-state index is -0.360. The van der Waals surface area contributed by atoms with E-state index in [9.17, 15) is 4.79 Å².